The van der Waals surface area contributed by atoms with Crippen LogP contribution in [0.1, 0.15) is 54.9 Å². The molecular formula is C30H42N3O5S+. The van der Waals surface area contributed by atoms with Crippen molar-refractivity contribution in [2.75, 3.05) is 41.3 Å². The van der Waals surface area contributed by atoms with Gasteiger partial charge in [0.2, 0.25) is 15.9 Å². The summed E-state index contributed by atoms with van der Waals surface area (Å²) < 4.78 is 38.5. The van der Waals surface area contributed by atoms with Gasteiger partial charge in [0.25, 0.3) is 0 Å². The van der Waals surface area contributed by atoms with Crippen molar-refractivity contribution in [2.24, 2.45) is 5.92 Å². The second-order valence-electron chi connectivity index (χ2n) is 11.4. The molecular weight excluding hydrogens is 514 g/mol. The van der Waals surface area contributed by atoms with Crippen molar-refractivity contribution in [3.8, 4) is 0 Å². The molecule has 1 aliphatic rings. The first-order valence-electron chi connectivity index (χ1n) is 13.7. The minimum absolute atomic E-state index is 0.0769. The molecule has 1 atom stereocenters. The summed E-state index contributed by atoms with van der Waals surface area (Å²) in [6, 6.07) is 16.6. The van der Waals surface area contributed by atoms with Crippen LogP contribution in [-0.2, 0) is 33.5 Å². The lowest BCUT2D eigenvalue weighted by Crippen LogP contribution is -2.41. The third-order valence-electron chi connectivity index (χ3n) is 7.68. The zero-order valence-corrected chi connectivity index (χ0v) is 24.4. The number of oxazole rings is 1. The van der Waals surface area contributed by atoms with E-state index >= 15 is 0 Å². The van der Waals surface area contributed by atoms with E-state index in [-0.39, 0.29) is 10.8 Å². The SMILES string of the molecule is CN(C)S(=O)(=O)c1ccc(COCC[N+](C)(C)Cc2cnc(C(O)(c3ccccc3)C3CCCCC3)o2)cc1. The summed E-state index contributed by atoms with van der Waals surface area (Å²) in [7, 11) is 3.82. The number of benzene rings is 2. The molecule has 1 aliphatic carbocycles. The fraction of sp³-hybridized carbons (Fsp3) is 0.500. The highest BCUT2D eigenvalue weighted by Crippen LogP contribution is 2.43. The van der Waals surface area contributed by atoms with Crippen LogP contribution in [0.5, 0.6) is 0 Å². The maximum Gasteiger partial charge on any atom is 0.242 e. The Bertz CT molecular complexity index is 1300. The van der Waals surface area contributed by atoms with Gasteiger partial charge in [-0.05, 0) is 36.1 Å². The molecule has 1 N–H and O–H groups in total. The number of quaternary nitrogens is 1. The fourth-order valence-electron chi connectivity index (χ4n) is 5.27. The van der Waals surface area contributed by atoms with Crippen molar-refractivity contribution in [2.45, 2.75) is 55.8 Å². The van der Waals surface area contributed by atoms with Crippen LogP contribution in [0.4, 0.5) is 0 Å². The molecule has 1 aromatic heterocycles. The van der Waals surface area contributed by atoms with E-state index in [4.69, 9.17) is 9.15 Å². The molecule has 0 aliphatic heterocycles. The molecule has 0 spiro atoms. The number of aromatic nitrogens is 1. The second kappa shape index (κ2) is 12.3. The Morgan fingerprint density at radius 2 is 1.72 bits per heavy atom. The molecule has 1 saturated carbocycles. The largest absolute Gasteiger partial charge is 0.436 e. The highest BCUT2D eigenvalue weighted by atomic mass is 32.2. The second-order valence-corrected chi connectivity index (χ2v) is 13.6. The number of hydrogen-bond acceptors (Lipinski definition) is 6. The van der Waals surface area contributed by atoms with Gasteiger partial charge in [-0.25, -0.2) is 17.7 Å². The first kappa shape index (κ1) is 29.4. The number of rotatable bonds is 12. The minimum atomic E-state index is -3.44. The van der Waals surface area contributed by atoms with Crippen molar-refractivity contribution >= 4 is 10.0 Å². The van der Waals surface area contributed by atoms with Gasteiger partial charge in [-0.3, -0.25) is 0 Å². The van der Waals surface area contributed by atoms with Crippen LogP contribution in [0, 0.1) is 5.92 Å². The van der Waals surface area contributed by atoms with Gasteiger partial charge in [-0.15, -0.1) is 0 Å². The standard InChI is InChI=1S/C30H42N3O5S/c1-32(2)39(35,36)28-17-15-24(16-18-28)23-37-20-19-33(3,4)22-27-21-31-29(38-27)30(34,25-11-7-5-8-12-25)26-13-9-6-10-14-26/h5,7-8,11-12,15-18,21,26,34H,6,9-10,13-14,19-20,22-23H2,1-4H3/q+1. The summed E-state index contributed by atoms with van der Waals surface area (Å²) in [5, 5.41) is 12.0. The lowest BCUT2D eigenvalue weighted by atomic mass is 9.73. The van der Waals surface area contributed by atoms with E-state index in [0.717, 1.165) is 49.1 Å². The van der Waals surface area contributed by atoms with E-state index in [1.807, 2.05) is 30.3 Å². The fourth-order valence-corrected chi connectivity index (χ4v) is 6.18. The first-order valence-corrected chi connectivity index (χ1v) is 15.1. The van der Waals surface area contributed by atoms with Gasteiger partial charge >= 0.3 is 0 Å². The Kier molecular flexibility index (Phi) is 9.29. The molecule has 0 saturated heterocycles. The third-order valence-corrected chi connectivity index (χ3v) is 9.51. The summed E-state index contributed by atoms with van der Waals surface area (Å²) in [4.78, 5) is 4.86. The van der Waals surface area contributed by atoms with Crippen molar-refractivity contribution < 1.29 is 27.2 Å². The van der Waals surface area contributed by atoms with Crippen LogP contribution in [0.2, 0.25) is 0 Å². The molecule has 0 radical (unpaired) electrons. The molecule has 3 aromatic rings. The molecule has 2 aromatic carbocycles. The van der Waals surface area contributed by atoms with Gasteiger partial charge < -0.3 is 18.7 Å². The lowest BCUT2D eigenvalue weighted by Gasteiger charge is -2.36. The summed E-state index contributed by atoms with van der Waals surface area (Å²) in [5.74, 6) is 1.19. The topological polar surface area (TPSA) is 92.9 Å². The Morgan fingerprint density at radius 1 is 1.05 bits per heavy atom. The molecule has 8 nitrogen and oxygen atoms in total. The number of ether oxygens (including phenoxy) is 1. The maximum atomic E-state index is 12.2. The number of nitrogens with zero attached hydrogens (tertiary/aromatic N) is 3. The number of sulfonamides is 1. The van der Waals surface area contributed by atoms with E-state index in [0.29, 0.717) is 30.1 Å². The molecule has 0 amide bonds. The van der Waals surface area contributed by atoms with Crippen LogP contribution < -0.4 is 0 Å². The molecule has 0 bridgehead atoms. The quantitative estimate of drug-likeness (QED) is 0.260. The van der Waals surface area contributed by atoms with Crippen LogP contribution in [0.25, 0.3) is 0 Å². The number of likely N-dealkylation sites (N-methyl/N-ethyl adjacent to an activating group) is 1. The molecule has 1 fully saturated rings. The summed E-state index contributed by atoms with van der Waals surface area (Å²) in [5.41, 5.74) is 0.516. The van der Waals surface area contributed by atoms with E-state index in [2.05, 4.69) is 19.1 Å². The summed E-state index contributed by atoms with van der Waals surface area (Å²) in [6.45, 7) is 2.29. The van der Waals surface area contributed by atoms with E-state index < -0.39 is 15.6 Å². The molecule has 39 heavy (non-hydrogen) atoms. The zero-order valence-electron chi connectivity index (χ0n) is 23.5. The molecule has 212 valence electrons. The first-order chi connectivity index (χ1) is 18.5. The average Bonchev–Trinajstić information content (AvgIpc) is 3.40. The molecule has 4 rings (SSSR count). The van der Waals surface area contributed by atoms with Gasteiger partial charge in [0, 0.05) is 20.0 Å². The normalized spacial score (nSPS) is 16.9. The van der Waals surface area contributed by atoms with Gasteiger partial charge in [0.15, 0.2) is 11.4 Å². The van der Waals surface area contributed by atoms with Gasteiger partial charge in [-0.1, -0.05) is 61.7 Å². The summed E-state index contributed by atoms with van der Waals surface area (Å²) >= 11 is 0. The van der Waals surface area contributed by atoms with Crippen molar-refractivity contribution in [1.82, 2.24) is 9.29 Å². The number of hydrogen-bond donors (Lipinski definition) is 1. The highest BCUT2D eigenvalue weighted by Gasteiger charge is 2.44. The van der Waals surface area contributed by atoms with Gasteiger partial charge in [0.1, 0.15) is 13.1 Å². The van der Waals surface area contributed by atoms with E-state index in [1.54, 1.807) is 30.5 Å². The maximum absolute atomic E-state index is 12.2. The van der Waals surface area contributed by atoms with Gasteiger partial charge in [0.05, 0.1) is 38.4 Å². The third kappa shape index (κ3) is 6.96. The van der Waals surface area contributed by atoms with Crippen molar-refractivity contribution in [1.29, 1.82) is 0 Å². The highest BCUT2D eigenvalue weighted by molar-refractivity contribution is 7.89. The smallest absolute Gasteiger partial charge is 0.242 e. The van der Waals surface area contributed by atoms with Crippen LogP contribution in [0.3, 0.4) is 0 Å². The van der Waals surface area contributed by atoms with E-state index in [1.165, 1.54) is 24.8 Å². The predicted octanol–water partition coefficient (Wildman–Crippen LogP) is 4.53. The monoisotopic (exact) mass is 556 g/mol. The summed E-state index contributed by atoms with van der Waals surface area (Å²) in [6.07, 6.45) is 7.07. The Labute approximate surface area is 232 Å². The van der Waals surface area contributed by atoms with Crippen molar-refractivity contribution in [3.63, 3.8) is 0 Å². The molecule has 1 unspecified atom stereocenters. The molecule has 9 heteroatoms. The van der Waals surface area contributed by atoms with E-state index in [9.17, 15) is 13.5 Å². The minimum Gasteiger partial charge on any atom is -0.436 e. The Morgan fingerprint density at radius 3 is 2.36 bits per heavy atom. The van der Waals surface area contributed by atoms with Crippen LogP contribution in [-0.4, -0.2) is 68.6 Å². The van der Waals surface area contributed by atoms with Gasteiger partial charge in [-0.2, -0.15) is 0 Å². The number of aliphatic hydroxyl groups is 1. The van der Waals surface area contributed by atoms with Crippen LogP contribution in [0.15, 0.2) is 70.1 Å². The zero-order chi connectivity index (χ0) is 28.1. The predicted molar refractivity (Wildman–Crippen MR) is 150 cm³/mol. The van der Waals surface area contributed by atoms with Crippen LogP contribution >= 0.6 is 0 Å². The van der Waals surface area contributed by atoms with Crippen molar-refractivity contribution in [3.05, 3.63) is 83.6 Å². The lowest BCUT2D eigenvalue weighted by molar-refractivity contribution is -0.905. The molecule has 1 heterocycles. The Balaban J connectivity index is 1.35. The Hall–Kier alpha value is -2.56. The average molecular weight is 557 g/mol.